The number of carbonyl (C=O) groups is 2. The lowest BCUT2D eigenvalue weighted by atomic mass is 9.90. The van der Waals surface area contributed by atoms with Crippen LogP contribution >= 0.6 is 0 Å². The molecular weight excluding hydrogens is 316 g/mol. The lowest BCUT2D eigenvalue weighted by Gasteiger charge is -2.14. The van der Waals surface area contributed by atoms with Crippen LogP contribution in [-0.4, -0.2) is 23.5 Å². The largest absolute Gasteiger partial charge is 0.508 e. The highest BCUT2D eigenvalue weighted by Gasteiger charge is 2.44. The molecular formula is C21H22O4. The predicted octanol–water partition coefficient (Wildman–Crippen LogP) is 4.12. The second-order valence-electron chi connectivity index (χ2n) is 7.04. The Bertz CT molecular complexity index is 868. The van der Waals surface area contributed by atoms with E-state index in [1.54, 1.807) is 19.1 Å². The van der Waals surface area contributed by atoms with Crippen molar-refractivity contribution in [2.45, 2.75) is 44.9 Å². The smallest absolute Gasteiger partial charge is 0.306 e. The average molecular weight is 338 g/mol. The van der Waals surface area contributed by atoms with Crippen LogP contribution in [0.5, 0.6) is 5.75 Å². The Kier molecular flexibility index (Phi) is 3.98. The molecule has 0 amide bonds. The molecule has 2 aromatic rings. The first-order valence-corrected chi connectivity index (χ1v) is 9.08. The molecule has 1 fully saturated rings. The summed E-state index contributed by atoms with van der Waals surface area (Å²) in [4.78, 5) is 24.9. The van der Waals surface area contributed by atoms with E-state index in [-0.39, 0.29) is 29.8 Å². The molecule has 2 aliphatic rings. The number of ether oxygens (including phenoxy) is 1. The maximum Gasteiger partial charge on any atom is 0.306 e. The molecule has 2 aliphatic carbocycles. The maximum atomic E-state index is 13.0. The fraction of sp³-hybridized carbons (Fsp3) is 0.429. The van der Waals surface area contributed by atoms with E-state index >= 15 is 0 Å². The van der Waals surface area contributed by atoms with Crippen molar-refractivity contribution in [2.75, 3.05) is 6.61 Å². The van der Waals surface area contributed by atoms with E-state index in [1.807, 2.05) is 6.07 Å². The van der Waals surface area contributed by atoms with E-state index in [0.29, 0.717) is 18.9 Å². The van der Waals surface area contributed by atoms with Crippen LogP contribution in [0.1, 0.15) is 60.0 Å². The predicted molar refractivity (Wildman–Crippen MR) is 95.0 cm³/mol. The summed E-state index contributed by atoms with van der Waals surface area (Å²) in [5.41, 5.74) is 2.84. The number of phenolic OH excluding ortho intramolecular Hbond substituents is 1. The Morgan fingerprint density at radius 2 is 2.04 bits per heavy atom. The molecule has 25 heavy (non-hydrogen) atoms. The Hall–Kier alpha value is -2.36. The summed E-state index contributed by atoms with van der Waals surface area (Å²) < 4.78 is 5.05. The van der Waals surface area contributed by atoms with Crippen LogP contribution in [0.15, 0.2) is 24.3 Å². The van der Waals surface area contributed by atoms with Crippen LogP contribution in [0.3, 0.4) is 0 Å². The molecule has 4 rings (SSSR count). The summed E-state index contributed by atoms with van der Waals surface area (Å²) in [6.07, 6.45) is 3.83. The summed E-state index contributed by atoms with van der Waals surface area (Å²) in [6, 6.07) is 7.39. The minimum Gasteiger partial charge on any atom is -0.508 e. The van der Waals surface area contributed by atoms with Gasteiger partial charge < -0.3 is 9.84 Å². The van der Waals surface area contributed by atoms with Gasteiger partial charge in [0.25, 0.3) is 0 Å². The Morgan fingerprint density at radius 1 is 1.24 bits per heavy atom. The number of hydrogen-bond acceptors (Lipinski definition) is 4. The van der Waals surface area contributed by atoms with E-state index in [9.17, 15) is 14.7 Å². The number of aryl methyl sites for hydroxylation is 1. The van der Waals surface area contributed by atoms with Gasteiger partial charge in [-0.1, -0.05) is 18.6 Å². The molecule has 1 N–H and O–H groups in total. The van der Waals surface area contributed by atoms with Crippen molar-refractivity contribution >= 4 is 22.5 Å². The number of phenols is 1. The number of esters is 1. The SMILES string of the molecule is CCOC(=O)CCc1c2c(cc3ccc(O)cc13)[C@@H]1CCC[C@@H]1C2=O. The first-order valence-electron chi connectivity index (χ1n) is 9.08. The maximum absolute atomic E-state index is 13.0. The first-order chi connectivity index (χ1) is 12.1. The fourth-order valence-electron chi connectivity index (χ4n) is 4.61. The number of benzene rings is 2. The highest BCUT2D eigenvalue weighted by atomic mass is 16.5. The lowest BCUT2D eigenvalue weighted by Crippen LogP contribution is -2.11. The van der Waals surface area contributed by atoms with Crippen LogP contribution in [-0.2, 0) is 16.0 Å². The number of hydrogen-bond donors (Lipinski definition) is 1. The zero-order chi connectivity index (χ0) is 17.6. The Balaban J connectivity index is 1.85. The number of aromatic hydroxyl groups is 1. The van der Waals surface area contributed by atoms with E-state index in [4.69, 9.17) is 4.74 Å². The molecule has 0 unspecified atom stereocenters. The average Bonchev–Trinajstić information content (AvgIpc) is 3.16. The number of Topliss-reactive ketones (excluding diaryl/α,β-unsaturated/α-hetero) is 1. The minimum absolute atomic E-state index is 0.0988. The standard InChI is InChI=1S/C21H22O4/c1-2-25-19(23)9-8-15-17-11-13(22)7-6-12(17)10-18-14-4-3-5-16(14)21(24)20(15)18/h6-7,10-11,14,16,22H,2-5,8-9H2,1H3/t14-,16+/m1/s1. The molecule has 4 heteroatoms. The summed E-state index contributed by atoms with van der Waals surface area (Å²) in [7, 11) is 0. The van der Waals surface area contributed by atoms with Gasteiger partial charge in [-0.2, -0.15) is 0 Å². The van der Waals surface area contributed by atoms with Gasteiger partial charge in [-0.15, -0.1) is 0 Å². The van der Waals surface area contributed by atoms with Crippen LogP contribution in [0.25, 0.3) is 10.8 Å². The van der Waals surface area contributed by atoms with Gasteiger partial charge in [0.1, 0.15) is 5.75 Å². The van der Waals surface area contributed by atoms with Gasteiger partial charge in [-0.05, 0) is 66.1 Å². The first kappa shape index (κ1) is 16.1. The number of rotatable bonds is 4. The molecule has 130 valence electrons. The van der Waals surface area contributed by atoms with Gasteiger partial charge in [0.2, 0.25) is 0 Å². The fourth-order valence-corrected chi connectivity index (χ4v) is 4.61. The molecule has 0 bridgehead atoms. The second kappa shape index (κ2) is 6.17. The molecule has 4 nitrogen and oxygen atoms in total. The topological polar surface area (TPSA) is 63.6 Å². The van der Waals surface area contributed by atoms with Crippen molar-refractivity contribution in [3.05, 3.63) is 41.0 Å². The highest BCUT2D eigenvalue weighted by Crippen LogP contribution is 2.50. The lowest BCUT2D eigenvalue weighted by molar-refractivity contribution is -0.143. The molecule has 2 aromatic carbocycles. The summed E-state index contributed by atoms with van der Waals surface area (Å²) >= 11 is 0. The zero-order valence-corrected chi connectivity index (χ0v) is 14.4. The Morgan fingerprint density at radius 3 is 2.84 bits per heavy atom. The second-order valence-corrected chi connectivity index (χ2v) is 7.04. The molecule has 2 atom stereocenters. The van der Waals surface area contributed by atoms with Gasteiger partial charge in [0, 0.05) is 17.9 Å². The normalized spacial score (nSPS) is 21.4. The molecule has 0 saturated heterocycles. The zero-order valence-electron chi connectivity index (χ0n) is 14.4. The molecule has 0 aliphatic heterocycles. The summed E-state index contributed by atoms with van der Waals surface area (Å²) in [5.74, 6) is 0.569. The third-order valence-corrected chi connectivity index (χ3v) is 5.65. The highest BCUT2D eigenvalue weighted by molar-refractivity contribution is 6.09. The van der Waals surface area contributed by atoms with E-state index in [1.165, 1.54) is 0 Å². The molecule has 0 aromatic heterocycles. The van der Waals surface area contributed by atoms with Crippen molar-refractivity contribution < 1.29 is 19.4 Å². The number of fused-ring (bicyclic) bond motifs is 4. The third kappa shape index (κ3) is 2.60. The van der Waals surface area contributed by atoms with Gasteiger partial charge in [0.15, 0.2) is 5.78 Å². The molecule has 0 heterocycles. The van der Waals surface area contributed by atoms with E-state index in [2.05, 4.69) is 6.07 Å². The third-order valence-electron chi connectivity index (χ3n) is 5.65. The van der Waals surface area contributed by atoms with Crippen molar-refractivity contribution in [2.24, 2.45) is 5.92 Å². The number of ketones is 1. The van der Waals surface area contributed by atoms with Crippen LogP contribution in [0.4, 0.5) is 0 Å². The monoisotopic (exact) mass is 338 g/mol. The Labute approximate surface area is 146 Å². The van der Waals surface area contributed by atoms with Gasteiger partial charge in [-0.25, -0.2) is 0 Å². The summed E-state index contributed by atoms with van der Waals surface area (Å²) in [6.45, 7) is 2.15. The van der Waals surface area contributed by atoms with Crippen molar-refractivity contribution in [3.63, 3.8) is 0 Å². The molecule has 0 spiro atoms. The van der Waals surface area contributed by atoms with E-state index < -0.39 is 0 Å². The van der Waals surface area contributed by atoms with Crippen LogP contribution in [0.2, 0.25) is 0 Å². The summed E-state index contributed by atoms with van der Waals surface area (Å²) in [5, 5.41) is 11.8. The van der Waals surface area contributed by atoms with Crippen molar-refractivity contribution in [3.8, 4) is 5.75 Å². The van der Waals surface area contributed by atoms with Gasteiger partial charge >= 0.3 is 5.97 Å². The molecule has 0 radical (unpaired) electrons. The van der Waals surface area contributed by atoms with Gasteiger partial charge in [-0.3, -0.25) is 9.59 Å². The van der Waals surface area contributed by atoms with Crippen molar-refractivity contribution in [1.29, 1.82) is 0 Å². The van der Waals surface area contributed by atoms with Crippen LogP contribution in [0, 0.1) is 5.92 Å². The molecule has 1 saturated carbocycles. The van der Waals surface area contributed by atoms with Gasteiger partial charge in [0.05, 0.1) is 6.61 Å². The van der Waals surface area contributed by atoms with Crippen molar-refractivity contribution in [1.82, 2.24) is 0 Å². The van der Waals surface area contributed by atoms with Crippen LogP contribution < -0.4 is 0 Å². The quantitative estimate of drug-likeness (QED) is 0.852. The number of carbonyl (C=O) groups excluding carboxylic acids is 2. The minimum atomic E-state index is -0.251. The van der Waals surface area contributed by atoms with E-state index in [0.717, 1.165) is 46.7 Å².